The van der Waals surface area contributed by atoms with Crippen LogP contribution >= 0.6 is 11.8 Å². The molecular weight excluding hydrogens is 280 g/mol. The molecule has 7 nitrogen and oxygen atoms in total. The number of likely N-dealkylation sites (N-methyl/N-ethyl adjacent to an activating group) is 1. The van der Waals surface area contributed by atoms with Gasteiger partial charge in [-0.25, -0.2) is 9.89 Å². The second kappa shape index (κ2) is 6.01. The lowest BCUT2D eigenvalue weighted by Crippen LogP contribution is -2.47. The van der Waals surface area contributed by atoms with Crippen LogP contribution in [0.3, 0.4) is 0 Å². The molecule has 1 aromatic heterocycles. The number of H-pyrrole nitrogens is 1. The highest BCUT2D eigenvalue weighted by Gasteiger charge is 2.37. The minimum atomic E-state index is -0.916. The highest BCUT2D eigenvalue weighted by atomic mass is 32.2. The molecule has 0 saturated heterocycles. The highest BCUT2D eigenvalue weighted by molar-refractivity contribution is 7.99. The molecule has 2 N–H and O–H groups in total. The summed E-state index contributed by atoms with van der Waals surface area (Å²) in [6.45, 7) is 0.553. The third-order valence-corrected chi connectivity index (χ3v) is 4.94. The summed E-state index contributed by atoms with van der Waals surface area (Å²) in [4.78, 5) is 24.7. The average molecular weight is 300 g/mol. The molecule has 8 heteroatoms. The molecule has 0 aliphatic heterocycles. The molecule has 20 heavy (non-hydrogen) atoms. The summed E-state index contributed by atoms with van der Waals surface area (Å²) in [7, 11) is 4.06. The molecule has 0 aromatic carbocycles. The van der Waals surface area contributed by atoms with E-state index in [4.69, 9.17) is 5.11 Å². The Bertz CT molecular complexity index is 531. The first kappa shape index (κ1) is 15.1. The molecule has 0 atom stereocenters. The van der Waals surface area contributed by atoms with Crippen LogP contribution in [0.1, 0.15) is 25.7 Å². The van der Waals surface area contributed by atoms with E-state index in [9.17, 15) is 9.59 Å². The number of carboxylic acids is 1. The first-order valence-corrected chi connectivity index (χ1v) is 7.60. The molecule has 1 aliphatic carbocycles. The summed E-state index contributed by atoms with van der Waals surface area (Å²) in [5.41, 5.74) is -0.308. The Morgan fingerprint density at radius 3 is 2.70 bits per heavy atom. The van der Waals surface area contributed by atoms with Crippen LogP contribution in [0, 0.1) is 0 Å². The van der Waals surface area contributed by atoms with Crippen LogP contribution in [0.5, 0.6) is 0 Å². The Morgan fingerprint density at radius 1 is 1.50 bits per heavy atom. The van der Waals surface area contributed by atoms with Gasteiger partial charge in [-0.1, -0.05) is 24.6 Å². The Balaban J connectivity index is 2.21. The van der Waals surface area contributed by atoms with Crippen molar-refractivity contribution in [3.63, 3.8) is 0 Å². The second-order valence-corrected chi connectivity index (χ2v) is 6.35. The fraction of sp³-hybridized carbons (Fsp3) is 0.750. The molecule has 0 amide bonds. The minimum Gasteiger partial charge on any atom is -0.481 e. The van der Waals surface area contributed by atoms with Gasteiger partial charge in [0, 0.05) is 12.1 Å². The lowest BCUT2D eigenvalue weighted by atomic mass is 9.96. The van der Waals surface area contributed by atoms with E-state index in [1.54, 1.807) is 4.57 Å². The molecule has 0 spiro atoms. The predicted octanol–water partition coefficient (Wildman–Crippen LogP) is 0.622. The van der Waals surface area contributed by atoms with Gasteiger partial charge in [0.1, 0.15) is 0 Å². The van der Waals surface area contributed by atoms with Gasteiger partial charge in [0.05, 0.1) is 5.75 Å². The number of carbonyl (C=O) groups is 1. The van der Waals surface area contributed by atoms with E-state index in [-0.39, 0.29) is 17.0 Å². The Morgan fingerprint density at radius 2 is 2.15 bits per heavy atom. The summed E-state index contributed by atoms with van der Waals surface area (Å²) in [5.74, 6) is -1.01. The number of nitrogens with zero attached hydrogens (tertiary/aromatic N) is 3. The molecule has 2 rings (SSSR count). The van der Waals surface area contributed by atoms with Crippen molar-refractivity contribution in [3.05, 3.63) is 10.5 Å². The Hall–Kier alpha value is -1.28. The lowest BCUT2D eigenvalue weighted by molar-refractivity contribution is -0.133. The zero-order valence-electron chi connectivity index (χ0n) is 11.8. The van der Waals surface area contributed by atoms with Gasteiger partial charge in [-0.3, -0.25) is 9.36 Å². The summed E-state index contributed by atoms with van der Waals surface area (Å²) in [6, 6.07) is 0. The average Bonchev–Trinajstić information content (AvgIpc) is 2.97. The quantitative estimate of drug-likeness (QED) is 0.749. The van der Waals surface area contributed by atoms with Crippen molar-refractivity contribution in [2.75, 3.05) is 19.8 Å². The Kier molecular flexibility index (Phi) is 4.54. The summed E-state index contributed by atoms with van der Waals surface area (Å²) in [6.07, 6.45) is 4.39. The minimum absolute atomic E-state index is 0.0355. The number of thioether (sulfide) groups is 1. The predicted molar refractivity (Wildman–Crippen MR) is 76.1 cm³/mol. The van der Waals surface area contributed by atoms with Crippen LogP contribution < -0.4 is 5.69 Å². The summed E-state index contributed by atoms with van der Waals surface area (Å²) >= 11 is 1.07. The topological polar surface area (TPSA) is 91.2 Å². The normalized spacial score (nSPS) is 17.8. The number of aromatic amines is 1. The van der Waals surface area contributed by atoms with E-state index in [1.807, 2.05) is 14.1 Å². The van der Waals surface area contributed by atoms with Crippen LogP contribution in [-0.2, 0) is 11.3 Å². The smallest absolute Gasteiger partial charge is 0.344 e. The van der Waals surface area contributed by atoms with Gasteiger partial charge in [0.25, 0.3) is 0 Å². The van der Waals surface area contributed by atoms with Gasteiger partial charge in [-0.15, -0.1) is 5.10 Å². The fourth-order valence-electron chi connectivity index (χ4n) is 2.75. The molecule has 0 bridgehead atoms. The molecule has 0 radical (unpaired) electrons. The molecule has 0 unspecified atom stereocenters. The van der Waals surface area contributed by atoms with E-state index >= 15 is 0 Å². The number of rotatable bonds is 6. The van der Waals surface area contributed by atoms with Crippen LogP contribution in [-0.4, -0.2) is 56.1 Å². The maximum absolute atomic E-state index is 11.9. The van der Waals surface area contributed by atoms with Crippen molar-refractivity contribution in [1.29, 1.82) is 0 Å². The van der Waals surface area contributed by atoms with E-state index < -0.39 is 5.97 Å². The number of carboxylic acid groups (broad SMARTS) is 1. The molecule has 1 aliphatic rings. The summed E-state index contributed by atoms with van der Waals surface area (Å²) in [5, 5.41) is 15.5. The van der Waals surface area contributed by atoms with E-state index in [2.05, 4.69) is 15.1 Å². The number of aromatic nitrogens is 3. The first-order valence-electron chi connectivity index (χ1n) is 6.62. The van der Waals surface area contributed by atoms with Crippen molar-refractivity contribution in [1.82, 2.24) is 19.7 Å². The number of hydrogen-bond donors (Lipinski definition) is 2. The van der Waals surface area contributed by atoms with E-state index in [1.165, 1.54) is 0 Å². The molecule has 1 aromatic rings. The number of hydrogen-bond acceptors (Lipinski definition) is 5. The largest absolute Gasteiger partial charge is 0.481 e. The molecular formula is C12H20N4O3S. The van der Waals surface area contributed by atoms with E-state index in [0.717, 1.165) is 37.4 Å². The van der Waals surface area contributed by atoms with Gasteiger partial charge < -0.3 is 10.0 Å². The molecule has 1 fully saturated rings. The second-order valence-electron chi connectivity index (χ2n) is 5.41. The van der Waals surface area contributed by atoms with Crippen molar-refractivity contribution < 1.29 is 9.90 Å². The lowest BCUT2D eigenvalue weighted by Gasteiger charge is -2.36. The monoisotopic (exact) mass is 300 g/mol. The first-order chi connectivity index (χ1) is 9.44. The highest BCUT2D eigenvalue weighted by Crippen LogP contribution is 2.35. The molecule has 1 heterocycles. The van der Waals surface area contributed by atoms with Gasteiger partial charge in [-0.05, 0) is 26.9 Å². The van der Waals surface area contributed by atoms with Crippen molar-refractivity contribution in [2.45, 2.75) is 42.9 Å². The molecule has 112 valence electrons. The maximum Gasteiger partial charge on any atom is 0.344 e. The standard InChI is InChI=1S/C12H20N4O3S/c1-15(2)12(5-3-4-6-12)8-16-10(19)13-14-11(16)20-7-9(17)18/h3-8H2,1-2H3,(H,13,19)(H,17,18). The fourth-order valence-corrected chi connectivity index (χ4v) is 3.42. The zero-order chi connectivity index (χ0) is 14.8. The van der Waals surface area contributed by atoms with E-state index in [0.29, 0.717) is 11.7 Å². The number of nitrogens with one attached hydrogen (secondary N) is 1. The number of aliphatic carboxylic acids is 1. The van der Waals surface area contributed by atoms with Gasteiger partial charge in [-0.2, -0.15) is 0 Å². The third-order valence-electron chi connectivity index (χ3n) is 3.98. The van der Waals surface area contributed by atoms with Gasteiger partial charge in [0.15, 0.2) is 5.16 Å². The Labute approximate surface area is 121 Å². The van der Waals surface area contributed by atoms with Crippen molar-refractivity contribution in [3.8, 4) is 0 Å². The van der Waals surface area contributed by atoms with Crippen LogP contribution in [0.15, 0.2) is 9.95 Å². The van der Waals surface area contributed by atoms with Crippen molar-refractivity contribution >= 4 is 17.7 Å². The third kappa shape index (κ3) is 3.06. The zero-order valence-corrected chi connectivity index (χ0v) is 12.6. The SMILES string of the molecule is CN(C)C1(Cn2c(SCC(=O)O)n[nH]c2=O)CCCC1. The van der Waals surface area contributed by atoms with Gasteiger partial charge in [0.2, 0.25) is 0 Å². The van der Waals surface area contributed by atoms with Gasteiger partial charge >= 0.3 is 11.7 Å². The van der Waals surface area contributed by atoms with Crippen LogP contribution in [0.4, 0.5) is 0 Å². The van der Waals surface area contributed by atoms with Crippen LogP contribution in [0.25, 0.3) is 0 Å². The van der Waals surface area contributed by atoms with Crippen molar-refractivity contribution in [2.24, 2.45) is 0 Å². The van der Waals surface area contributed by atoms with Crippen LogP contribution in [0.2, 0.25) is 0 Å². The molecule has 1 saturated carbocycles. The maximum atomic E-state index is 11.9. The summed E-state index contributed by atoms with van der Waals surface area (Å²) < 4.78 is 1.57.